The van der Waals surface area contributed by atoms with Gasteiger partial charge in [0, 0.05) is 41.0 Å². The smallest absolute Gasteiger partial charge is 0.282 e. The third-order valence-corrected chi connectivity index (χ3v) is 9.44. The summed E-state index contributed by atoms with van der Waals surface area (Å²) >= 11 is 1.27. The highest BCUT2D eigenvalue weighted by Gasteiger charge is 2.36. The molecule has 2 aliphatic rings. The van der Waals surface area contributed by atoms with Gasteiger partial charge in [0.25, 0.3) is 16.1 Å². The van der Waals surface area contributed by atoms with E-state index in [2.05, 4.69) is 21.4 Å². The molecule has 37 heavy (non-hydrogen) atoms. The number of hydrogen-bond acceptors (Lipinski definition) is 8. The van der Waals surface area contributed by atoms with Gasteiger partial charge in [0.1, 0.15) is 5.75 Å². The fourth-order valence-electron chi connectivity index (χ4n) is 4.61. The van der Waals surface area contributed by atoms with Gasteiger partial charge < -0.3 is 4.74 Å². The first-order valence-corrected chi connectivity index (χ1v) is 14.1. The zero-order valence-electron chi connectivity index (χ0n) is 20.5. The van der Waals surface area contributed by atoms with Crippen LogP contribution in [0.4, 0.5) is 5.13 Å². The Labute approximate surface area is 219 Å². The van der Waals surface area contributed by atoms with Gasteiger partial charge in [-0.3, -0.25) is 15.1 Å². The molecule has 1 saturated heterocycles. The summed E-state index contributed by atoms with van der Waals surface area (Å²) in [5, 5.41) is 12.6. The lowest BCUT2D eigenvalue weighted by Crippen LogP contribution is -2.43. The molecule has 192 valence electrons. The molecule has 5 rings (SSSR count). The first kappa shape index (κ1) is 25.3. The van der Waals surface area contributed by atoms with Crippen LogP contribution in [-0.2, 0) is 23.3 Å². The second kappa shape index (κ2) is 10.2. The minimum Gasteiger partial charge on any atom is -0.496 e. The van der Waals surface area contributed by atoms with Crippen LogP contribution in [0.3, 0.4) is 0 Å². The molecule has 0 unspecified atom stereocenters. The number of carbonyl (C=O) groups is 1. The van der Waals surface area contributed by atoms with E-state index in [4.69, 9.17) is 4.74 Å². The minimum atomic E-state index is -3.53. The van der Waals surface area contributed by atoms with Crippen molar-refractivity contribution in [3.8, 4) is 22.9 Å². The topological polar surface area (TPSA) is 129 Å². The average molecular weight is 539 g/mol. The molecule has 1 N–H and O–H groups in total. The number of thiazole rings is 1. The van der Waals surface area contributed by atoms with Gasteiger partial charge >= 0.3 is 0 Å². The number of aryl methyl sites for hydroxylation is 1. The molecule has 0 saturated carbocycles. The highest BCUT2D eigenvalue weighted by Crippen LogP contribution is 2.36. The Bertz CT molecular complexity index is 1480. The number of fused-ring (bicyclic) bond motifs is 1. The van der Waals surface area contributed by atoms with Crippen LogP contribution in [0.1, 0.15) is 51.4 Å². The third kappa shape index (κ3) is 4.95. The number of hydrogen-bond donors (Lipinski definition) is 1. The number of rotatable bonds is 6. The largest absolute Gasteiger partial charge is 0.496 e. The molecule has 0 spiro atoms. The summed E-state index contributed by atoms with van der Waals surface area (Å²) in [7, 11) is -2.00. The van der Waals surface area contributed by atoms with Crippen LogP contribution in [0, 0.1) is 18.3 Å². The monoisotopic (exact) mass is 538 g/mol. The number of aromatic nitrogens is 2. The fourth-order valence-corrected chi connectivity index (χ4v) is 7.29. The van der Waals surface area contributed by atoms with Gasteiger partial charge in [-0.15, -0.1) is 0 Å². The highest BCUT2D eigenvalue weighted by atomic mass is 32.2. The quantitative estimate of drug-likeness (QED) is 0.507. The van der Waals surface area contributed by atoms with Crippen LogP contribution in [0.25, 0.3) is 11.1 Å². The molecule has 3 aromatic rings. The van der Waals surface area contributed by atoms with E-state index in [1.54, 1.807) is 28.6 Å². The van der Waals surface area contributed by atoms with Crippen molar-refractivity contribution >= 4 is 32.6 Å². The Hall–Kier alpha value is -3.37. The van der Waals surface area contributed by atoms with E-state index in [1.165, 1.54) is 28.9 Å². The summed E-state index contributed by atoms with van der Waals surface area (Å²) < 4.78 is 34.5. The second-order valence-electron chi connectivity index (χ2n) is 8.98. The molecular formula is C25H26N6O4S2. The van der Waals surface area contributed by atoms with E-state index in [1.807, 2.05) is 6.92 Å². The van der Waals surface area contributed by atoms with Crippen molar-refractivity contribution in [3.63, 3.8) is 0 Å². The molecular weight excluding hydrogens is 512 g/mol. The number of nitriles is 1. The molecule has 0 bridgehead atoms. The Morgan fingerprint density at radius 1 is 1.14 bits per heavy atom. The maximum absolute atomic E-state index is 13.3. The van der Waals surface area contributed by atoms with Crippen molar-refractivity contribution in [2.45, 2.75) is 39.3 Å². The van der Waals surface area contributed by atoms with Crippen molar-refractivity contribution in [3.05, 3.63) is 57.9 Å². The maximum Gasteiger partial charge on any atom is 0.282 e. The van der Waals surface area contributed by atoms with E-state index >= 15 is 0 Å². The first-order valence-electron chi connectivity index (χ1n) is 11.9. The standard InChI is InChI=1S/C25H26N6O4S2/c1-16-10-18(19-11-17(12-26)6-7-22(19)35-2)20(13-27-16)24(32)29-25-28-21-14-31(15-23(21)36-25)37(33,34)30-8-4-3-5-9-30/h6-7,10-11,13H,3-5,8-9,14-15H2,1-2H3,(H,28,29,32). The van der Waals surface area contributed by atoms with Gasteiger partial charge in [0.15, 0.2) is 5.13 Å². The van der Waals surface area contributed by atoms with E-state index in [0.29, 0.717) is 57.6 Å². The number of carbonyl (C=O) groups excluding carboxylic acids is 1. The van der Waals surface area contributed by atoms with Gasteiger partial charge in [0.05, 0.1) is 43.1 Å². The molecule has 1 amide bonds. The molecule has 2 aromatic heterocycles. The Balaban J connectivity index is 1.37. The van der Waals surface area contributed by atoms with Crippen molar-refractivity contribution in [2.24, 2.45) is 0 Å². The predicted octanol–water partition coefficient (Wildman–Crippen LogP) is 3.69. The van der Waals surface area contributed by atoms with Crippen LogP contribution >= 0.6 is 11.3 Å². The Kier molecular flexibility index (Phi) is 6.96. The van der Waals surface area contributed by atoms with E-state index in [0.717, 1.165) is 24.1 Å². The second-order valence-corrected chi connectivity index (χ2v) is 12.0. The van der Waals surface area contributed by atoms with Crippen LogP contribution in [0.2, 0.25) is 0 Å². The lowest BCUT2D eigenvalue weighted by Gasteiger charge is -2.29. The number of nitrogens with one attached hydrogen (secondary N) is 1. The van der Waals surface area contributed by atoms with Crippen molar-refractivity contribution in [1.29, 1.82) is 5.26 Å². The van der Waals surface area contributed by atoms with Gasteiger partial charge in [-0.25, -0.2) is 4.98 Å². The number of piperidine rings is 1. The predicted molar refractivity (Wildman–Crippen MR) is 139 cm³/mol. The van der Waals surface area contributed by atoms with Crippen molar-refractivity contribution in [1.82, 2.24) is 18.6 Å². The number of pyridine rings is 1. The summed E-state index contributed by atoms with van der Waals surface area (Å²) in [6.45, 7) is 3.36. The van der Waals surface area contributed by atoms with Crippen LogP contribution in [0.5, 0.6) is 5.75 Å². The first-order chi connectivity index (χ1) is 17.8. The summed E-state index contributed by atoms with van der Waals surface area (Å²) in [4.78, 5) is 23.0. The average Bonchev–Trinajstić information content (AvgIpc) is 3.48. The van der Waals surface area contributed by atoms with E-state index < -0.39 is 16.1 Å². The van der Waals surface area contributed by atoms with Crippen molar-refractivity contribution < 1.29 is 17.9 Å². The zero-order valence-corrected chi connectivity index (χ0v) is 22.2. The molecule has 4 heterocycles. The normalized spacial score (nSPS) is 16.2. The lowest BCUT2D eigenvalue weighted by atomic mass is 9.97. The third-order valence-electron chi connectivity index (χ3n) is 6.52. The molecule has 0 aliphatic carbocycles. The lowest BCUT2D eigenvalue weighted by molar-refractivity contribution is 0.102. The summed E-state index contributed by atoms with van der Waals surface area (Å²) in [6.07, 6.45) is 4.31. The van der Waals surface area contributed by atoms with Gasteiger partial charge in [-0.1, -0.05) is 17.8 Å². The maximum atomic E-state index is 13.3. The number of benzene rings is 1. The molecule has 0 atom stereocenters. The number of amides is 1. The highest BCUT2D eigenvalue weighted by molar-refractivity contribution is 7.86. The fraction of sp³-hybridized carbons (Fsp3) is 0.360. The number of nitrogens with zero attached hydrogens (tertiary/aromatic N) is 5. The summed E-state index contributed by atoms with van der Waals surface area (Å²) in [5.41, 5.74) is 3.31. The van der Waals surface area contributed by atoms with Crippen LogP contribution in [-0.4, -0.2) is 53.1 Å². The van der Waals surface area contributed by atoms with E-state index in [9.17, 15) is 18.5 Å². The van der Waals surface area contributed by atoms with Gasteiger partial charge in [0.2, 0.25) is 0 Å². The van der Waals surface area contributed by atoms with Gasteiger partial charge in [-0.2, -0.15) is 22.3 Å². The number of anilines is 1. The van der Waals surface area contributed by atoms with Crippen LogP contribution < -0.4 is 10.1 Å². The number of methoxy groups -OCH3 is 1. The van der Waals surface area contributed by atoms with E-state index in [-0.39, 0.29) is 13.1 Å². The molecule has 1 aromatic carbocycles. The molecule has 10 nitrogen and oxygen atoms in total. The Morgan fingerprint density at radius 2 is 1.92 bits per heavy atom. The summed E-state index contributed by atoms with van der Waals surface area (Å²) in [5.74, 6) is 0.124. The molecule has 12 heteroatoms. The molecule has 1 fully saturated rings. The SMILES string of the molecule is COc1ccc(C#N)cc1-c1cc(C)ncc1C(=O)Nc1nc2c(s1)CN(S(=O)(=O)N1CCCCC1)C2. The summed E-state index contributed by atoms with van der Waals surface area (Å²) in [6, 6.07) is 8.93. The molecule has 0 radical (unpaired) electrons. The van der Waals surface area contributed by atoms with Crippen LogP contribution in [0.15, 0.2) is 30.5 Å². The molecule has 2 aliphatic heterocycles. The van der Waals surface area contributed by atoms with Crippen molar-refractivity contribution in [2.75, 3.05) is 25.5 Å². The van der Waals surface area contributed by atoms with Gasteiger partial charge in [-0.05, 0) is 44.0 Å². The zero-order chi connectivity index (χ0) is 26.2. The number of ether oxygens (including phenoxy) is 1. The Morgan fingerprint density at radius 3 is 2.62 bits per heavy atom. The minimum absolute atomic E-state index is 0.191.